The van der Waals surface area contributed by atoms with Gasteiger partial charge in [-0.3, -0.25) is 0 Å². The van der Waals surface area contributed by atoms with Crippen molar-refractivity contribution < 1.29 is 0 Å². The summed E-state index contributed by atoms with van der Waals surface area (Å²) in [6.07, 6.45) is 0. The van der Waals surface area contributed by atoms with Crippen LogP contribution in [0.5, 0.6) is 0 Å². The third kappa shape index (κ3) is 1.24. The van der Waals surface area contributed by atoms with E-state index in [1.807, 2.05) is 24.3 Å². The first-order chi connectivity index (χ1) is 5.40. The summed E-state index contributed by atoms with van der Waals surface area (Å²) in [5.41, 5.74) is 2.18. The van der Waals surface area contributed by atoms with Gasteiger partial charge < -0.3 is 4.98 Å². The number of aromatic amines is 1. The molecule has 56 valence electrons. The Balaban J connectivity index is 2.69. The molecule has 0 bridgehead atoms. The second kappa shape index (κ2) is 2.81. The Morgan fingerprint density at radius 3 is 2.91 bits per heavy atom. The van der Waals surface area contributed by atoms with Crippen molar-refractivity contribution in [3.8, 4) is 0 Å². The molecule has 1 N–H and O–H groups in total. The van der Waals surface area contributed by atoms with Crippen molar-refractivity contribution in [1.29, 1.82) is 0 Å². The first-order valence-corrected chi connectivity index (χ1v) is 4.92. The summed E-state index contributed by atoms with van der Waals surface area (Å²) in [5.74, 6) is 1.05. The van der Waals surface area contributed by atoms with E-state index in [2.05, 4.69) is 32.6 Å². The van der Waals surface area contributed by atoms with Crippen LogP contribution in [0.1, 0.15) is 5.82 Å². The van der Waals surface area contributed by atoms with E-state index in [0.717, 1.165) is 21.3 Å². The zero-order valence-electron chi connectivity index (χ0n) is 5.84. The van der Waals surface area contributed by atoms with Crippen molar-refractivity contribution in [1.82, 2.24) is 9.97 Å². The van der Waals surface area contributed by atoms with Gasteiger partial charge in [-0.25, -0.2) is 4.98 Å². The van der Waals surface area contributed by atoms with E-state index in [1.165, 1.54) is 0 Å². The quantitative estimate of drug-likeness (QED) is 0.617. The number of para-hydroxylation sites is 2. The lowest BCUT2D eigenvalue weighted by Crippen LogP contribution is -1.76. The summed E-state index contributed by atoms with van der Waals surface area (Å²) in [6, 6.07) is 8.07. The topological polar surface area (TPSA) is 28.7 Å². The standard InChI is InChI=1S/C8H7IN2/c9-5-8-10-6-3-1-2-4-7(6)11-8/h1-4H,5H2,(H,10,11). The second-order valence-corrected chi connectivity index (χ2v) is 3.10. The van der Waals surface area contributed by atoms with Crippen molar-refractivity contribution >= 4 is 33.6 Å². The molecule has 0 amide bonds. The number of aromatic nitrogens is 2. The summed E-state index contributed by atoms with van der Waals surface area (Å²) < 4.78 is 0.937. The van der Waals surface area contributed by atoms with Crippen LogP contribution in [-0.2, 0) is 4.43 Å². The maximum Gasteiger partial charge on any atom is 0.117 e. The molecule has 0 unspecified atom stereocenters. The van der Waals surface area contributed by atoms with Crippen molar-refractivity contribution in [2.24, 2.45) is 0 Å². The molecule has 0 aliphatic rings. The SMILES string of the molecule is ICc1nc2ccccc2[nH]1. The molecule has 3 heteroatoms. The zero-order valence-corrected chi connectivity index (χ0v) is 8.00. The fourth-order valence-corrected chi connectivity index (χ4v) is 1.43. The predicted octanol–water partition coefficient (Wildman–Crippen LogP) is 2.50. The van der Waals surface area contributed by atoms with Crippen LogP contribution in [0.3, 0.4) is 0 Å². The van der Waals surface area contributed by atoms with Gasteiger partial charge in [-0.2, -0.15) is 0 Å². The summed E-state index contributed by atoms with van der Waals surface area (Å²) in [6.45, 7) is 0. The molecule has 2 rings (SSSR count). The number of benzene rings is 1. The zero-order chi connectivity index (χ0) is 7.68. The van der Waals surface area contributed by atoms with Crippen LogP contribution >= 0.6 is 22.6 Å². The minimum Gasteiger partial charge on any atom is -0.341 e. The maximum absolute atomic E-state index is 4.37. The highest BCUT2D eigenvalue weighted by molar-refractivity contribution is 14.1. The van der Waals surface area contributed by atoms with Gasteiger partial charge in [-0.05, 0) is 12.1 Å². The lowest BCUT2D eigenvalue weighted by Gasteiger charge is -1.81. The molecule has 1 aromatic carbocycles. The number of fused-ring (bicyclic) bond motifs is 1. The number of nitrogens with zero attached hydrogens (tertiary/aromatic N) is 1. The molecule has 1 heterocycles. The molecule has 1 aromatic heterocycles. The molecule has 2 nitrogen and oxygen atoms in total. The Kier molecular flexibility index (Phi) is 1.81. The van der Waals surface area contributed by atoms with Crippen molar-refractivity contribution in [2.75, 3.05) is 0 Å². The van der Waals surface area contributed by atoms with Crippen LogP contribution < -0.4 is 0 Å². The summed E-state index contributed by atoms with van der Waals surface area (Å²) >= 11 is 2.29. The molecule has 0 saturated carbocycles. The lowest BCUT2D eigenvalue weighted by atomic mass is 10.3. The number of rotatable bonds is 1. The average molecular weight is 258 g/mol. The van der Waals surface area contributed by atoms with Gasteiger partial charge >= 0.3 is 0 Å². The highest BCUT2D eigenvalue weighted by Gasteiger charge is 1.97. The van der Waals surface area contributed by atoms with Crippen LogP contribution in [0.15, 0.2) is 24.3 Å². The minimum absolute atomic E-state index is 0.937. The van der Waals surface area contributed by atoms with Crippen LogP contribution in [0.25, 0.3) is 11.0 Å². The normalized spacial score (nSPS) is 10.6. The largest absolute Gasteiger partial charge is 0.341 e. The van der Waals surface area contributed by atoms with E-state index >= 15 is 0 Å². The number of imidazole rings is 1. The molecule has 2 aromatic rings. The van der Waals surface area contributed by atoms with Crippen molar-refractivity contribution in [2.45, 2.75) is 4.43 Å². The summed E-state index contributed by atoms with van der Waals surface area (Å²) in [7, 11) is 0. The number of alkyl halides is 1. The molecule has 11 heavy (non-hydrogen) atoms. The monoisotopic (exact) mass is 258 g/mol. The van der Waals surface area contributed by atoms with E-state index in [0.29, 0.717) is 0 Å². The van der Waals surface area contributed by atoms with E-state index in [1.54, 1.807) is 0 Å². The van der Waals surface area contributed by atoms with Gasteiger partial charge in [-0.1, -0.05) is 34.7 Å². The molecule has 0 spiro atoms. The first kappa shape index (κ1) is 7.09. The van der Waals surface area contributed by atoms with Crippen LogP contribution in [-0.4, -0.2) is 9.97 Å². The molecule has 0 aliphatic carbocycles. The van der Waals surface area contributed by atoms with Gasteiger partial charge in [0.15, 0.2) is 0 Å². The Bertz CT molecular complexity index is 334. The summed E-state index contributed by atoms with van der Waals surface area (Å²) in [5, 5.41) is 0. The van der Waals surface area contributed by atoms with Crippen molar-refractivity contribution in [3.05, 3.63) is 30.1 Å². The Morgan fingerprint density at radius 2 is 2.18 bits per heavy atom. The van der Waals surface area contributed by atoms with Gasteiger partial charge in [-0.15, -0.1) is 0 Å². The average Bonchev–Trinajstić information content (AvgIpc) is 2.46. The molecule has 0 saturated heterocycles. The molecular weight excluding hydrogens is 251 g/mol. The smallest absolute Gasteiger partial charge is 0.117 e. The number of nitrogens with one attached hydrogen (secondary N) is 1. The van der Waals surface area contributed by atoms with E-state index in [9.17, 15) is 0 Å². The molecule has 0 radical (unpaired) electrons. The van der Waals surface area contributed by atoms with Gasteiger partial charge in [0, 0.05) is 0 Å². The van der Waals surface area contributed by atoms with E-state index < -0.39 is 0 Å². The summed E-state index contributed by atoms with van der Waals surface area (Å²) in [4.78, 5) is 7.59. The number of hydrogen-bond acceptors (Lipinski definition) is 1. The van der Waals surface area contributed by atoms with Gasteiger partial charge in [0.2, 0.25) is 0 Å². The molecular formula is C8H7IN2. The van der Waals surface area contributed by atoms with E-state index in [-0.39, 0.29) is 0 Å². The fraction of sp³-hybridized carbons (Fsp3) is 0.125. The Morgan fingerprint density at radius 1 is 1.36 bits per heavy atom. The van der Waals surface area contributed by atoms with Gasteiger partial charge in [0.25, 0.3) is 0 Å². The number of halogens is 1. The van der Waals surface area contributed by atoms with Crippen LogP contribution in [0.4, 0.5) is 0 Å². The predicted molar refractivity (Wildman–Crippen MR) is 53.8 cm³/mol. The van der Waals surface area contributed by atoms with Crippen molar-refractivity contribution in [3.63, 3.8) is 0 Å². The lowest BCUT2D eigenvalue weighted by molar-refractivity contribution is 1.16. The molecule has 0 fully saturated rings. The van der Waals surface area contributed by atoms with E-state index in [4.69, 9.17) is 0 Å². The maximum atomic E-state index is 4.37. The van der Waals surface area contributed by atoms with Crippen LogP contribution in [0.2, 0.25) is 0 Å². The Labute approximate surface area is 78.2 Å². The molecule has 0 aliphatic heterocycles. The van der Waals surface area contributed by atoms with Gasteiger partial charge in [0.05, 0.1) is 15.5 Å². The Hall–Kier alpha value is -0.580. The minimum atomic E-state index is 0.937. The third-order valence-corrected chi connectivity index (χ3v) is 2.29. The first-order valence-electron chi connectivity index (χ1n) is 3.40. The third-order valence-electron chi connectivity index (χ3n) is 1.56. The fourth-order valence-electron chi connectivity index (χ4n) is 1.07. The number of hydrogen-bond donors (Lipinski definition) is 1. The molecule has 0 atom stereocenters. The highest BCUT2D eigenvalue weighted by atomic mass is 127. The number of H-pyrrole nitrogens is 1. The highest BCUT2D eigenvalue weighted by Crippen LogP contribution is 2.11. The van der Waals surface area contributed by atoms with Crippen LogP contribution in [0, 0.1) is 0 Å². The van der Waals surface area contributed by atoms with Gasteiger partial charge in [0.1, 0.15) is 5.82 Å². The second-order valence-electron chi connectivity index (χ2n) is 2.33.